The summed E-state index contributed by atoms with van der Waals surface area (Å²) in [5.41, 5.74) is 1.91. The van der Waals surface area contributed by atoms with Crippen LogP contribution in [0.5, 0.6) is 11.5 Å². The molecule has 0 unspecified atom stereocenters. The highest BCUT2D eigenvalue weighted by molar-refractivity contribution is 8.18. The normalized spacial score (nSPS) is 15.3. The molecule has 1 heterocycles. The van der Waals surface area contributed by atoms with Crippen molar-refractivity contribution in [1.29, 1.82) is 5.26 Å². The van der Waals surface area contributed by atoms with Gasteiger partial charge in [0.2, 0.25) is 0 Å². The van der Waals surface area contributed by atoms with Crippen LogP contribution >= 0.6 is 11.8 Å². The summed E-state index contributed by atoms with van der Waals surface area (Å²) in [6, 6.07) is 13.4. The lowest BCUT2D eigenvalue weighted by molar-refractivity contribution is -0.148. The largest absolute Gasteiger partial charge is 0.490 e. The van der Waals surface area contributed by atoms with Gasteiger partial charge in [0.05, 0.1) is 30.3 Å². The van der Waals surface area contributed by atoms with E-state index in [0.717, 1.165) is 22.2 Å². The molecular formula is C24H22N2O6S. The van der Waals surface area contributed by atoms with E-state index in [4.69, 9.17) is 9.47 Å². The molecule has 1 fully saturated rings. The molecule has 33 heavy (non-hydrogen) atoms. The van der Waals surface area contributed by atoms with E-state index < -0.39 is 23.2 Å². The molecule has 1 aliphatic rings. The molecule has 2 aromatic carbocycles. The first-order valence-corrected chi connectivity index (χ1v) is 10.9. The zero-order valence-corrected chi connectivity index (χ0v) is 19.2. The number of nitrogens with zero attached hydrogens (tertiary/aromatic N) is 2. The van der Waals surface area contributed by atoms with Crippen molar-refractivity contribution in [3.8, 4) is 17.6 Å². The Kier molecular flexibility index (Phi) is 7.74. The third-order valence-corrected chi connectivity index (χ3v) is 5.72. The fraction of sp³-hybridized carbons (Fsp3) is 0.250. The first-order chi connectivity index (χ1) is 15.9. The van der Waals surface area contributed by atoms with Crippen LogP contribution in [0.15, 0.2) is 47.4 Å². The van der Waals surface area contributed by atoms with Crippen LogP contribution in [-0.4, -0.2) is 41.8 Å². The molecule has 0 spiro atoms. The number of hydrogen-bond donors (Lipinski definition) is 0. The van der Waals surface area contributed by atoms with E-state index in [1.807, 2.05) is 19.1 Å². The second-order valence-corrected chi connectivity index (χ2v) is 7.94. The van der Waals surface area contributed by atoms with Crippen LogP contribution in [0.2, 0.25) is 0 Å². The quantitative estimate of drug-likeness (QED) is 0.422. The molecular weight excluding hydrogens is 444 g/mol. The van der Waals surface area contributed by atoms with Gasteiger partial charge < -0.3 is 14.2 Å². The summed E-state index contributed by atoms with van der Waals surface area (Å²) in [5, 5.41) is 8.71. The molecule has 2 amide bonds. The minimum atomic E-state index is -1.01. The molecule has 0 saturated carbocycles. The molecule has 170 valence electrons. The molecule has 0 aromatic heterocycles. The summed E-state index contributed by atoms with van der Waals surface area (Å²) in [6.07, 6.45) is 1.56. The Balaban J connectivity index is 1.82. The zero-order valence-electron chi connectivity index (χ0n) is 18.4. The van der Waals surface area contributed by atoms with E-state index in [0.29, 0.717) is 29.2 Å². The monoisotopic (exact) mass is 466 g/mol. The van der Waals surface area contributed by atoms with Gasteiger partial charge in [0.15, 0.2) is 11.5 Å². The number of esters is 1. The maximum absolute atomic E-state index is 12.7. The van der Waals surface area contributed by atoms with Crippen molar-refractivity contribution in [3.63, 3.8) is 0 Å². The number of benzene rings is 2. The number of ether oxygens (including phenoxy) is 3. The average Bonchev–Trinajstić information content (AvgIpc) is 3.10. The first kappa shape index (κ1) is 23.9. The van der Waals surface area contributed by atoms with Gasteiger partial charge >= 0.3 is 5.97 Å². The number of carbonyl (C=O) groups is 3. The van der Waals surface area contributed by atoms with Crippen LogP contribution < -0.4 is 9.47 Å². The van der Waals surface area contributed by atoms with Crippen molar-refractivity contribution in [3.05, 3.63) is 64.1 Å². The molecule has 8 nitrogen and oxygen atoms in total. The van der Waals surface area contributed by atoms with Gasteiger partial charge in [-0.2, -0.15) is 5.26 Å². The summed E-state index contributed by atoms with van der Waals surface area (Å²) < 4.78 is 16.2. The summed E-state index contributed by atoms with van der Waals surface area (Å²) in [4.78, 5) is 37.8. The predicted octanol–water partition coefficient (Wildman–Crippen LogP) is 4.13. The maximum Gasteiger partial charge on any atom is 0.328 e. The Hall–Kier alpha value is -3.77. The van der Waals surface area contributed by atoms with Gasteiger partial charge in [0.25, 0.3) is 11.1 Å². The predicted molar refractivity (Wildman–Crippen MR) is 122 cm³/mol. The topological polar surface area (TPSA) is 106 Å². The number of hydrogen-bond acceptors (Lipinski definition) is 8. The smallest absolute Gasteiger partial charge is 0.328 e. The van der Waals surface area contributed by atoms with Crippen molar-refractivity contribution in [2.75, 3.05) is 13.7 Å². The Bertz CT molecular complexity index is 1150. The Morgan fingerprint density at radius 2 is 1.94 bits per heavy atom. The number of carbonyl (C=O) groups excluding carboxylic acids is 3. The first-order valence-electron chi connectivity index (χ1n) is 10.1. The SMILES string of the molecule is CCOc1cc(/C=C2/SC(=O)N([C@H](C)C(=O)OC)C2=O)ccc1OCc1ccccc1C#N. The minimum absolute atomic E-state index is 0.188. The summed E-state index contributed by atoms with van der Waals surface area (Å²) in [7, 11) is 1.20. The third kappa shape index (κ3) is 5.35. The third-order valence-electron chi connectivity index (χ3n) is 4.84. The highest BCUT2D eigenvalue weighted by Crippen LogP contribution is 2.36. The molecule has 3 rings (SSSR count). The molecule has 1 saturated heterocycles. The lowest BCUT2D eigenvalue weighted by atomic mass is 10.1. The lowest BCUT2D eigenvalue weighted by Crippen LogP contribution is -2.42. The molecule has 0 bridgehead atoms. The molecule has 1 aliphatic heterocycles. The Morgan fingerprint density at radius 3 is 2.64 bits per heavy atom. The van der Waals surface area contributed by atoms with Crippen molar-refractivity contribution >= 4 is 35.0 Å². The number of methoxy groups -OCH3 is 1. The number of nitriles is 1. The van der Waals surface area contributed by atoms with Gasteiger partial charge in [-0.15, -0.1) is 0 Å². The van der Waals surface area contributed by atoms with Crippen molar-refractivity contribution in [2.45, 2.75) is 26.5 Å². The van der Waals surface area contributed by atoms with Gasteiger partial charge in [-0.25, -0.2) is 4.79 Å². The van der Waals surface area contributed by atoms with Crippen molar-refractivity contribution in [2.24, 2.45) is 0 Å². The van der Waals surface area contributed by atoms with Crippen LogP contribution in [0, 0.1) is 11.3 Å². The van der Waals surface area contributed by atoms with Crippen LogP contribution in [0.3, 0.4) is 0 Å². The van der Waals surface area contributed by atoms with Crippen molar-refractivity contribution < 1.29 is 28.6 Å². The average molecular weight is 467 g/mol. The fourth-order valence-electron chi connectivity index (χ4n) is 3.15. The van der Waals surface area contributed by atoms with Crippen LogP contribution in [-0.2, 0) is 20.9 Å². The van der Waals surface area contributed by atoms with Gasteiger partial charge in [0.1, 0.15) is 12.6 Å². The molecule has 1 atom stereocenters. The van der Waals surface area contributed by atoms with E-state index in [2.05, 4.69) is 10.8 Å². The van der Waals surface area contributed by atoms with Gasteiger partial charge in [0, 0.05) is 5.56 Å². The van der Waals surface area contributed by atoms with E-state index in [9.17, 15) is 19.6 Å². The molecule has 2 aromatic rings. The van der Waals surface area contributed by atoms with E-state index in [1.54, 1.807) is 36.4 Å². The van der Waals surface area contributed by atoms with Gasteiger partial charge in [-0.3, -0.25) is 14.5 Å². The fourth-order valence-corrected chi connectivity index (χ4v) is 4.06. The van der Waals surface area contributed by atoms with E-state index in [-0.39, 0.29) is 11.5 Å². The van der Waals surface area contributed by atoms with E-state index in [1.165, 1.54) is 14.0 Å². The standard InChI is InChI=1S/C24H22N2O6S/c1-4-31-20-11-16(9-10-19(20)32-14-18-8-6-5-7-17(18)13-25)12-21-22(27)26(24(29)33-21)15(2)23(28)30-3/h5-12,15H,4,14H2,1-3H3/b21-12+/t15-/m1/s1. The summed E-state index contributed by atoms with van der Waals surface area (Å²) in [5.74, 6) is -0.289. The minimum Gasteiger partial charge on any atom is -0.490 e. The highest BCUT2D eigenvalue weighted by Gasteiger charge is 2.41. The highest BCUT2D eigenvalue weighted by atomic mass is 32.2. The van der Waals surface area contributed by atoms with Crippen molar-refractivity contribution in [1.82, 2.24) is 4.90 Å². The summed E-state index contributed by atoms with van der Waals surface area (Å²) in [6.45, 7) is 3.85. The molecule has 0 aliphatic carbocycles. The van der Waals surface area contributed by atoms with Gasteiger partial charge in [-0.1, -0.05) is 24.3 Å². The summed E-state index contributed by atoms with van der Waals surface area (Å²) >= 11 is 0.756. The van der Waals surface area contributed by atoms with Crippen LogP contribution in [0.25, 0.3) is 6.08 Å². The number of imide groups is 1. The molecule has 0 N–H and O–H groups in total. The Morgan fingerprint density at radius 1 is 1.18 bits per heavy atom. The lowest BCUT2D eigenvalue weighted by Gasteiger charge is -2.18. The van der Waals surface area contributed by atoms with Crippen LogP contribution in [0.4, 0.5) is 4.79 Å². The Labute approximate surface area is 195 Å². The van der Waals surface area contributed by atoms with Crippen LogP contribution in [0.1, 0.15) is 30.5 Å². The maximum atomic E-state index is 12.7. The molecule has 0 radical (unpaired) electrons. The zero-order chi connectivity index (χ0) is 24.0. The number of amides is 2. The molecule has 9 heteroatoms. The second kappa shape index (κ2) is 10.7. The second-order valence-electron chi connectivity index (χ2n) is 6.95. The number of thioether (sulfide) groups is 1. The van der Waals surface area contributed by atoms with Gasteiger partial charge in [-0.05, 0) is 55.4 Å². The number of rotatable bonds is 8. The van der Waals surface area contributed by atoms with E-state index >= 15 is 0 Å².